The first-order chi connectivity index (χ1) is 8.47. The van der Waals surface area contributed by atoms with Crippen molar-refractivity contribution >= 4 is 0 Å². The van der Waals surface area contributed by atoms with Crippen molar-refractivity contribution < 1.29 is 9.84 Å². The lowest BCUT2D eigenvalue weighted by Crippen LogP contribution is -2.27. The summed E-state index contributed by atoms with van der Waals surface area (Å²) < 4.78 is 5.22. The van der Waals surface area contributed by atoms with Gasteiger partial charge < -0.3 is 9.84 Å². The number of aliphatic hydroxyl groups is 1. The summed E-state index contributed by atoms with van der Waals surface area (Å²) in [5.41, 5.74) is -0.0157. The normalized spacial score (nSPS) is 27.6. The molecule has 1 aromatic rings. The van der Waals surface area contributed by atoms with Crippen LogP contribution in [0.1, 0.15) is 51.6 Å². The summed E-state index contributed by atoms with van der Waals surface area (Å²) in [7, 11) is 1.57. The molecule has 0 aromatic carbocycles. The molecule has 4 nitrogen and oxygen atoms in total. The van der Waals surface area contributed by atoms with Gasteiger partial charge in [-0.15, -0.1) is 0 Å². The summed E-state index contributed by atoms with van der Waals surface area (Å²) >= 11 is 0. The lowest BCUT2D eigenvalue weighted by Gasteiger charge is -2.27. The Morgan fingerprint density at radius 2 is 1.83 bits per heavy atom. The van der Waals surface area contributed by atoms with Crippen LogP contribution >= 0.6 is 0 Å². The Morgan fingerprint density at radius 3 is 2.56 bits per heavy atom. The summed E-state index contributed by atoms with van der Waals surface area (Å²) in [6.45, 7) is 4.51. The van der Waals surface area contributed by atoms with Crippen molar-refractivity contribution in [3.8, 4) is 5.88 Å². The fourth-order valence-electron chi connectivity index (χ4n) is 2.69. The molecule has 0 spiro atoms. The van der Waals surface area contributed by atoms with Crippen LogP contribution in [0.4, 0.5) is 0 Å². The molecule has 1 aliphatic carbocycles. The van der Waals surface area contributed by atoms with Crippen LogP contribution in [0.5, 0.6) is 5.88 Å². The minimum atomic E-state index is -0.895. The average molecular weight is 250 g/mol. The molecule has 1 fully saturated rings. The van der Waals surface area contributed by atoms with Crippen molar-refractivity contribution in [2.24, 2.45) is 5.41 Å². The Morgan fingerprint density at radius 1 is 1.11 bits per heavy atom. The van der Waals surface area contributed by atoms with Gasteiger partial charge in [0.2, 0.25) is 5.88 Å². The van der Waals surface area contributed by atoms with E-state index in [4.69, 9.17) is 4.74 Å². The van der Waals surface area contributed by atoms with Gasteiger partial charge in [0, 0.05) is 12.4 Å². The van der Waals surface area contributed by atoms with Crippen LogP contribution in [-0.2, 0) is 5.60 Å². The van der Waals surface area contributed by atoms with E-state index in [2.05, 4.69) is 23.8 Å². The molecule has 1 N–H and O–H groups in total. The molecule has 0 bridgehead atoms. The number of aromatic nitrogens is 2. The number of hydrogen-bond donors (Lipinski definition) is 1. The predicted octanol–water partition coefficient (Wildman–Crippen LogP) is 2.66. The zero-order chi connectivity index (χ0) is 13.2. The maximum absolute atomic E-state index is 10.9. The van der Waals surface area contributed by atoms with Crippen LogP contribution in [0.25, 0.3) is 0 Å². The molecule has 0 saturated heterocycles. The molecule has 18 heavy (non-hydrogen) atoms. The van der Waals surface area contributed by atoms with Gasteiger partial charge in [0.15, 0.2) is 0 Å². The molecular weight excluding hydrogens is 228 g/mol. The molecule has 1 atom stereocenters. The lowest BCUT2D eigenvalue weighted by atomic mass is 9.83. The van der Waals surface area contributed by atoms with Gasteiger partial charge in [0.1, 0.15) is 11.3 Å². The highest BCUT2D eigenvalue weighted by molar-refractivity contribution is 5.24. The lowest BCUT2D eigenvalue weighted by molar-refractivity contribution is 0.0108. The second-order valence-corrected chi connectivity index (χ2v) is 5.96. The molecule has 100 valence electrons. The minimum absolute atomic E-state index is 0.292. The van der Waals surface area contributed by atoms with Gasteiger partial charge >= 0.3 is 0 Å². The number of methoxy groups -OCH3 is 1. The van der Waals surface area contributed by atoms with E-state index in [1.807, 2.05) is 0 Å². The van der Waals surface area contributed by atoms with Crippen molar-refractivity contribution in [2.75, 3.05) is 7.11 Å². The van der Waals surface area contributed by atoms with E-state index in [0.29, 0.717) is 17.0 Å². The monoisotopic (exact) mass is 250 g/mol. The molecule has 4 heteroatoms. The first kappa shape index (κ1) is 13.3. The summed E-state index contributed by atoms with van der Waals surface area (Å²) in [6, 6.07) is 0. The van der Waals surface area contributed by atoms with E-state index >= 15 is 0 Å². The van der Waals surface area contributed by atoms with E-state index in [9.17, 15) is 5.11 Å². The van der Waals surface area contributed by atoms with Crippen molar-refractivity contribution in [2.45, 2.75) is 51.6 Å². The zero-order valence-electron chi connectivity index (χ0n) is 11.4. The third-order valence-corrected chi connectivity index (χ3v) is 3.96. The van der Waals surface area contributed by atoms with Crippen LogP contribution < -0.4 is 4.74 Å². The maximum Gasteiger partial charge on any atom is 0.238 e. The van der Waals surface area contributed by atoms with Crippen LogP contribution in [0.3, 0.4) is 0 Å². The van der Waals surface area contributed by atoms with Gasteiger partial charge in [-0.3, -0.25) is 4.98 Å². The van der Waals surface area contributed by atoms with Gasteiger partial charge in [-0.25, -0.2) is 4.98 Å². The summed E-state index contributed by atoms with van der Waals surface area (Å²) in [6.07, 6.45) is 7.78. The third kappa shape index (κ3) is 2.64. The summed E-state index contributed by atoms with van der Waals surface area (Å²) in [5, 5.41) is 10.9. The largest absolute Gasteiger partial charge is 0.480 e. The van der Waals surface area contributed by atoms with Gasteiger partial charge in [0.05, 0.1) is 7.11 Å². The first-order valence-electron chi connectivity index (χ1n) is 6.55. The quantitative estimate of drug-likeness (QED) is 0.820. The Bertz CT molecular complexity index is 420. The first-order valence-corrected chi connectivity index (χ1v) is 6.55. The van der Waals surface area contributed by atoms with Crippen LogP contribution in [0.15, 0.2) is 12.4 Å². The fraction of sp³-hybridized carbons (Fsp3) is 0.714. The molecule has 0 amide bonds. The molecule has 1 aliphatic rings. The molecule has 1 saturated carbocycles. The van der Waals surface area contributed by atoms with E-state index < -0.39 is 5.60 Å². The fourth-order valence-corrected chi connectivity index (χ4v) is 2.69. The third-order valence-electron chi connectivity index (χ3n) is 3.96. The molecule has 2 rings (SSSR count). The van der Waals surface area contributed by atoms with E-state index in [-0.39, 0.29) is 0 Å². The van der Waals surface area contributed by atoms with E-state index in [1.54, 1.807) is 19.5 Å². The van der Waals surface area contributed by atoms with Gasteiger partial charge in [-0.05, 0) is 37.5 Å². The van der Waals surface area contributed by atoms with Crippen LogP contribution in [0, 0.1) is 5.41 Å². The second-order valence-electron chi connectivity index (χ2n) is 5.96. The smallest absolute Gasteiger partial charge is 0.238 e. The number of nitrogens with zero attached hydrogens (tertiary/aromatic N) is 2. The topological polar surface area (TPSA) is 55.2 Å². The van der Waals surface area contributed by atoms with Crippen LogP contribution in [-0.4, -0.2) is 22.2 Å². The van der Waals surface area contributed by atoms with Crippen molar-refractivity contribution in [1.82, 2.24) is 9.97 Å². The molecular formula is C14H22N2O2. The van der Waals surface area contributed by atoms with Crippen molar-refractivity contribution in [1.29, 1.82) is 0 Å². The zero-order valence-corrected chi connectivity index (χ0v) is 11.4. The molecule has 0 radical (unpaired) electrons. The minimum Gasteiger partial charge on any atom is -0.480 e. The maximum atomic E-state index is 10.9. The highest BCUT2D eigenvalue weighted by atomic mass is 16.5. The van der Waals surface area contributed by atoms with Gasteiger partial charge in [-0.1, -0.05) is 13.8 Å². The highest BCUT2D eigenvalue weighted by Gasteiger charge is 2.38. The van der Waals surface area contributed by atoms with Gasteiger partial charge in [0.25, 0.3) is 0 Å². The predicted molar refractivity (Wildman–Crippen MR) is 69.3 cm³/mol. The van der Waals surface area contributed by atoms with E-state index in [0.717, 1.165) is 32.1 Å². The number of rotatable bonds is 2. The van der Waals surface area contributed by atoms with Gasteiger partial charge in [-0.2, -0.15) is 0 Å². The highest BCUT2D eigenvalue weighted by Crippen LogP contribution is 2.43. The molecule has 1 heterocycles. The Labute approximate surface area is 108 Å². The Hall–Kier alpha value is -1.16. The SMILES string of the molecule is COc1nccnc1C1(O)CCCC(C)(C)CC1. The number of ether oxygens (including phenoxy) is 1. The Kier molecular flexibility index (Phi) is 3.57. The molecule has 1 aromatic heterocycles. The van der Waals surface area contributed by atoms with Crippen molar-refractivity contribution in [3.63, 3.8) is 0 Å². The molecule has 1 unspecified atom stereocenters. The van der Waals surface area contributed by atoms with Crippen molar-refractivity contribution in [3.05, 3.63) is 18.1 Å². The molecule has 0 aliphatic heterocycles. The summed E-state index contributed by atoms with van der Waals surface area (Å²) in [5.74, 6) is 0.444. The van der Waals surface area contributed by atoms with Crippen LogP contribution in [0.2, 0.25) is 0 Å². The Balaban J connectivity index is 2.30. The number of hydrogen-bond acceptors (Lipinski definition) is 4. The standard InChI is InChI=1S/C14H22N2O2/c1-13(2)5-4-6-14(17,8-7-13)11-12(18-3)16-10-9-15-11/h9-10,17H,4-8H2,1-3H3. The summed E-state index contributed by atoms with van der Waals surface area (Å²) in [4.78, 5) is 8.44. The van der Waals surface area contributed by atoms with E-state index in [1.165, 1.54) is 0 Å². The second kappa shape index (κ2) is 4.84. The average Bonchev–Trinajstić information content (AvgIpc) is 2.49.